The van der Waals surface area contributed by atoms with Gasteiger partial charge in [0.15, 0.2) is 0 Å². The van der Waals surface area contributed by atoms with Crippen molar-refractivity contribution < 1.29 is 22.8 Å². The Morgan fingerprint density at radius 1 is 1.03 bits per heavy atom. The molecule has 0 spiro atoms. The summed E-state index contributed by atoms with van der Waals surface area (Å²) >= 11 is 5.90. The van der Waals surface area contributed by atoms with E-state index < -0.39 is 17.8 Å². The fourth-order valence-electron chi connectivity index (χ4n) is 4.44. The van der Waals surface area contributed by atoms with Gasteiger partial charge in [0.05, 0.1) is 27.5 Å². The van der Waals surface area contributed by atoms with Crippen LogP contribution in [0.15, 0.2) is 60.8 Å². The molecule has 35 heavy (non-hydrogen) atoms. The molecular formula is C25H20ClF3N4O2. The van der Waals surface area contributed by atoms with Gasteiger partial charge in [-0.1, -0.05) is 29.8 Å². The number of nitrogens with zero attached hydrogens (tertiary/aromatic N) is 3. The number of pyridine rings is 1. The van der Waals surface area contributed by atoms with Gasteiger partial charge in [0.25, 0.3) is 5.91 Å². The highest BCUT2D eigenvalue weighted by atomic mass is 35.5. The molecule has 1 aromatic heterocycles. The molecule has 2 amide bonds. The summed E-state index contributed by atoms with van der Waals surface area (Å²) in [7, 11) is 0. The van der Waals surface area contributed by atoms with Gasteiger partial charge in [0.1, 0.15) is 6.04 Å². The second kappa shape index (κ2) is 8.98. The fraction of sp³-hybridized carbons (Fsp3) is 0.240. The summed E-state index contributed by atoms with van der Waals surface area (Å²) in [6.07, 6.45) is -2.91. The van der Waals surface area contributed by atoms with Crippen LogP contribution in [0.1, 0.15) is 21.6 Å². The van der Waals surface area contributed by atoms with Gasteiger partial charge in [-0.05, 0) is 47.5 Å². The third kappa shape index (κ3) is 4.74. The number of halogens is 4. The molecule has 0 bridgehead atoms. The number of aromatic nitrogens is 1. The molecule has 5 rings (SSSR count). The van der Waals surface area contributed by atoms with Crippen molar-refractivity contribution in [3.05, 3.63) is 82.6 Å². The average molecular weight is 501 g/mol. The van der Waals surface area contributed by atoms with Gasteiger partial charge in [-0.15, -0.1) is 0 Å². The third-order valence-corrected chi connectivity index (χ3v) is 6.46. The van der Waals surface area contributed by atoms with E-state index >= 15 is 0 Å². The van der Waals surface area contributed by atoms with Crippen LogP contribution >= 0.6 is 11.6 Å². The first-order valence-corrected chi connectivity index (χ1v) is 11.3. The van der Waals surface area contributed by atoms with E-state index in [0.717, 1.165) is 17.8 Å². The number of rotatable bonds is 3. The summed E-state index contributed by atoms with van der Waals surface area (Å²) < 4.78 is 39.5. The lowest BCUT2D eigenvalue weighted by Gasteiger charge is -2.39. The molecule has 3 heterocycles. The van der Waals surface area contributed by atoms with Crippen molar-refractivity contribution in [1.29, 1.82) is 0 Å². The number of hydrogen-bond donors (Lipinski definition) is 1. The number of alkyl halides is 3. The molecule has 3 aromatic rings. The standard InChI is InChI=1S/C25H20ClF3N4O2/c26-18-5-6-19(30-12-18)13-32-8-9-33-22(14-32)23(34)31-21-7-4-16(11-20(21)24(33)35)15-2-1-3-17(10-15)25(27,28)29/h1-7,10-12,22H,8-9,13-14H2,(H,31,34). The maximum atomic E-state index is 13.4. The van der Waals surface area contributed by atoms with Crippen LogP contribution in [0.3, 0.4) is 0 Å². The molecular weight excluding hydrogens is 481 g/mol. The lowest BCUT2D eigenvalue weighted by molar-refractivity contribution is -0.137. The van der Waals surface area contributed by atoms with Crippen LogP contribution in [0.5, 0.6) is 0 Å². The van der Waals surface area contributed by atoms with Crippen LogP contribution in [0, 0.1) is 0 Å². The summed E-state index contributed by atoms with van der Waals surface area (Å²) in [5, 5.41) is 3.35. The van der Waals surface area contributed by atoms with Gasteiger partial charge >= 0.3 is 6.18 Å². The Balaban J connectivity index is 1.40. The normalized spacial score (nSPS) is 18.5. The highest BCUT2D eigenvalue weighted by molar-refractivity contribution is 6.30. The lowest BCUT2D eigenvalue weighted by atomic mass is 9.99. The van der Waals surface area contributed by atoms with Gasteiger partial charge in [-0.2, -0.15) is 13.2 Å². The van der Waals surface area contributed by atoms with Crippen molar-refractivity contribution in [3.8, 4) is 11.1 Å². The number of anilines is 1. The van der Waals surface area contributed by atoms with Crippen LogP contribution in [0.25, 0.3) is 11.1 Å². The topological polar surface area (TPSA) is 65.5 Å². The van der Waals surface area contributed by atoms with E-state index in [1.165, 1.54) is 11.0 Å². The number of carbonyl (C=O) groups is 2. The van der Waals surface area contributed by atoms with E-state index in [-0.39, 0.29) is 17.4 Å². The van der Waals surface area contributed by atoms with Crippen LogP contribution in [-0.2, 0) is 17.5 Å². The number of nitrogens with one attached hydrogen (secondary N) is 1. The first-order valence-electron chi connectivity index (χ1n) is 11.0. The van der Waals surface area contributed by atoms with E-state index in [4.69, 9.17) is 11.6 Å². The van der Waals surface area contributed by atoms with Crippen molar-refractivity contribution in [2.75, 3.05) is 25.0 Å². The number of amides is 2. The van der Waals surface area contributed by atoms with E-state index in [1.54, 1.807) is 36.5 Å². The maximum absolute atomic E-state index is 13.4. The quantitative estimate of drug-likeness (QED) is 0.566. The van der Waals surface area contributed by atoms with Crippen molar-refractivity contribution in [3.63, 3.8) is 0 Å². The predicted molar refractivity (Wildman–Crippen MR) is 125 cm³/mol. The molecule has 1 unspecified atom stereocenters. The average Bonchev–Trinajstić information content (AvgIpc) is 2.94. The highest BCUT2D eigenvalue weighted by Gasteiger charge is 2.39. The number of fused-ring (bicyclic) bond motifs is 2. The summed E-state index contributed by atoms with van der Waals surface area (Å²) in [5.74, 6) is -0.640. The zero-order valence-electron chi connectivity index (χ0n) is 18.3. The van der Waals surface area contributed by atoms with E-state index in [0.29, 0.717) is 48.0 Å². The minimum Gasteiger partial charge on any atom is -0.324 e. The van der Waals surface area contributed by atoms with Crippen molar-refractivity contribution >= 4 is 29.1 Å². The molecule has 0 aliphatic carbocycles. The molecule has 2 aliphatic rings. The number of piperazine rings is 1. The lowest BCUT2D eigenvalue weighted by Crippen LogP contribution is -2.58. The molecule has 1 N–H and O–H groups in total. The zero-order chi connectivity index (χ0) is 24.7. The second-order valence-electron chi connectivity index (χ2n) is 8.55. The summed E-state index contributed by atoms with van der Waals surface area (Å²) in [6, 6.07) is 12.5. The van der Waals surface area contributed by atoms with Gasteiger partial charge in [0, 0.05) is 32.4 Å². The Morgan fingerprint density at radius 3 is 2.57 bits per heavy atom. The Labute approximate surface area is 204 Å². The molecule has 2 aromatic carbocycles. The SMILES string of the molecule is O=C1Nc2ccc(-c3cccc(C(F)(F)F)c3)cc2C(=O)N2CCN(Cc3ccc(Cl)cn3)CC12. The molecule has 1 saturated heterocycles. The molecule has 180 valence electrons. The first-order chi connectivity index (χ1) is 16.7. The summed E-state index contributed by atoms with van der Waals surface area (Å²) in [6.45, 7) is 1.71. The van der Waals surface area contributed by atoms with Crippen molar-refractivity contribution in [1.82, 2.24) is 14.8 Å². The Morgan fingerprint density at radius 2 is 1.83 bits per heavy atom. The molecule has 1 fully saturated rings. The van der Waals surface area contributed by atoms with Crippen LogP contribution in [0.2, 0.25) is 5.02 Å². The molecule has 6 nitrogen and oxygen atoms in total. The summed E-state index contributed by atoms with van der Waals surface area (Å²) in [4.78, 5) is 34.3. The van der Waals surface area contributed by atoms with Crippen molar-refractivity contribution in [2.45, 2.75) is 18.8 Å². The van der Waals surface area contributed by atoms with Crippen LogP contribution < -0.4 is 5.32 Å². The Kier molecular flexibility index (Phi) is 5.98. The minimum absolute atomic E-state index is 0.253. The Bertz CT molecular complexity index is 1300. The van der Waals surface area contributed by atoms with Gasteiger partial charge < -0.3 is 10.2 Å². The molecule has 10 heteroatoms. The van der Waals surface area contributed by atoms with Crippen LogP contribution in [0.4, 0.5) is 18.9 Å². The predicted octanol–water partition coefficient (Wildman–Crippen LogP) is 4.70. The number of hydrogen-bond acceptors (Lipinski definition) is 4. The van der Waals surface area contributed by atoms with Crippen molar-refractivity contribution in [2.24, 2.45) is 0 Å². The third-order valence-electron chi connectivity index (χ3n) is 6.23. The molecule has 2 aliphatic heterocycles. The van der Waals surface area contributed by atoms with Crippen LogP contribution in [-0.4, -0.2) is 52.3 Å². The smallest absolute Gasteiger partial charge is 0.324 e. The van der Waals surface area contributed by atoms with Gasteiger partial charge in [-0.25, -0.2) is 0 Å². The fourth-order valence-corrected chi connectivity index (χ4v) is 4.55. The molecule has 0 radical (unpaired) electrons. The molecule has 1 atom stereocenters. The number of carbonyl (C=O) groups excluding carboxylic acids is 2. The first kappa shape index (κ1) is 23.3. The summed E-state index contributed by atoms with van der Waals surface area (Å²) in [5.41, 5.74) is 1.43. The minimum atomic E-state index is -4.47. The van der Waals surface area contributed by atoms with E-state index in [1.807, 2.05) is 11.0 Å². The maximum Gasteiger partial charge on any atom is 0.416 e. The second-order valence-corrected chi connectivity index (χ2v) is 8.98. The monoisotopic (exact) mass is 500 g/mol. The largest absolute Gasteiger partial charge is 0.416 e. The molecule has 0 saturated carbocycles. The van der Waals surface area contributed by atoms with E-state index in [9.17, 15) is 22.8 Å². The number of benzene rings is 2. The Hall–Kier alpha value is -3.43. The highest BCUT2D eigenvalue weighted by Crippen LogP contribution is 2.34. The van der Waals surface area contributed by atoms with E-state index in [2.05, 4.69) is 10.3 Å². The van der Waals surface area contributed by atoms with Gasteiger partial charge in [0.2, 0.25) is 5.91 Å². The zero-order valence-corrected chi connectivity index (χ0v) is 19.1. The van der Waals surface area contributed by atoms with Gasteiger partial charge in [-0.3, -0.25) is 19.5 Å².